The van der Waals surface area contributed by atoms with Gasteiger partial charge in [0.1, 0.15) is 11.5 Å². The third kappa shape index (κ3) is 6.62. The van der Waals surface area contributed by atoms with E-state index in [1.165, 1.54) is 0 Å². The molecule has 2 atom stereocenters. The Morgan fingerprint density at radius 1 is 0.568 bits per heavy atom. The second kappa shape index (κ2) is 12.4. The highest BCUT2D eigenvalue weighted by Crippen LogP contribution is 2.43. The van der Waals surface area contributed by atoms with Crippen molar-refractivity contribution in [3.05, 3.63) is 156 Å². The van der Waals surface area contributed by atoms with Crippen molar-refractivity contribution in [1.29, 1.82) is 0 Å². The maximum atomic E-state index is 6.80. The van der Waals surface area contributed by atoms with E-state index in [-0.39, 0.29) is 16.3 Å². The topological polar surface area (TPSA) is 42.5 Å². The molecule has 2 heterocycles. The number of benzene rings is 4. The van der Waals surface area contributed by atoms with Gasteiger partial charge >= 0.3 is 0 Å². The van der Waals surface area contributed by atoms with Gasteiger partial charge in [-0.2, -0.15) is 0 Å². The van der Waals surface area contributed by atoms with Crippen LogP contribution in [-0.4, -0.2) is 10.9 Å². The van der Waals surface area contributed by atoms with Crippen molar-refractivity contribution in [2.45, 2.75) is 40.9 Å². The lowest BCUT2D eigenvalue weighted by atomic mass is 9.87. The standard InChI is InChI=1S/C38H34N2O2S2/c1-38(2)24-28(41-36-22-32(26-13-5-3-6-14-26)39-30-17-9-11-19-34(30)43-36)21-29(25-38)42-37-23-33(27-15-7-4-8-16-27)40-31-18-10-12-20-35(31)44-37/h3-20,22-25,36-37,39-40H,21H2,1-2H3. The molecule has 6 heteroatoms. The number of ether oxygens (including phenoxy) is 2. The maximum absolute atomic E-state index is 6.80. The zero-order valence-corrected chi connectivity index (χ0v) is 26.3. The molecule has 0 amide bonds. The van der Waals surface area contributed by atoms with Crippen LogP contribution in [0.1, 0.15) is 31.4 Å². The van der Waals surface area contributed by atoms with Crippen LogP contribution in [-0.2, 0) is 9.47 Å². The Morgan fingerprint density at radius 3 is 1.43 bits per heavy atom. The second-order valence-electron chi connectivity index (χ2n) is 11.6. The second-order valence-corrected chi connectivity index (χ2v) is 13.8. The summed E-state index contributed by atoms with van der Waals surface area (Å²) in [5.74, 6) is 1.83. The van der Waals surface area contributed by atoms with E-state index < -0.39 is 0 Å². The number of anilines is 2. The molecule has 0 radical (unpaired) electrons. The molecule has 7 rings (SSSR count). The first-order chi connectivity index (χ1) is 21.5. The van der Waals surface area contributed by atoms with E-state index >= 15 is 0 Å². The Hall–Kier alpha value is -4.26. The predicted octanol–water partition coefficient (Wildman–Crippen LogP) is 10.4. The molecule has 1 aliphatic carbocycles. The number of fused-ring (bicyclic) bond motifs is 2. The van der Waals surface area contributed by atoms with Crippen LogP contribution in [0.3, 0.4) is 0 Å². The van der Waals surface area contributed by atoms with Crippen LogP contribution in [0, 0.1) is 5.41 Å². The lowest BCUT2D eigenvalue weighted by Crippen LogP contribution is -2.18. The summed E-state index contributed by atoms with van der Waals surface area (Å²) in [6, 6.07) is 37.6. The molecular weight excluding hydrogens is 581 g/mol. The van der Waals surface area contributed by atoms with Gasteiger partial charge in [-0.3, -0.25) is 0 Å². The molecule has 44 heavy (non-hydrogen) atoms. The van der Waals surface area contributed by atoms with Crippen molar-refractivity contribution in [2.24, 2.45) is 5.41 Å². The van der Waals surface area contributed by atoms with Crippen molar-refractivity contribution < 1.29 is 9.47 Å². The van der Waals surface area contributed by atoms with Gasteiger partial charge < -0.3 is 20.1 Å². The van der Waals surface area contributed by atoms with Crippen molar-refractivity contribution in [3.63, 3.8) is 0 Å². The Balaban J connectivity index is 1.15. The van der Waals surface area contributed by atoms with Crippen molar-refractivity contribution in [1.82, 2.24) is 0 Å². The smallest absolute Gasteiger partial charge is 0.169 e. The quantitative estimate of drug-likeness (QED) is 0.225. The third-order valence-electron chi connectivity index (χ3n) is 7.52. The highest BCUT2D eigenvalue weighted by Gasteiger charge is 2.28. The first-order valence-corrected chi connectivity index (χ1v) is 16.6. The van der Waals surface area contributed by atoms with Crippen LogP contribution < -0.4 is 10.6 Å². The fraction of sp³-hybridized carbons (Fsp3) is 0.158. The fourth-order valence-electron chi connectivity index (χ4n) is 5.59. The van der Waals surface area contributed by atoms with E-state index in [0.717, 1.165) is 55.2 Å². The van der Waals surface area contributed by atoms with Gasteiger partial charge in [-0.05, 0) is 59.7 Å². The van der Waals surface area contributed by atoms with Crippen LogP contribution in [0.15, 0.2) is 155 Å². The minimum absolute atomic E-state index is 0.212. The van der Waals surface area contributed by atoms with Crippen LogP contribution in [0.5, 0.6) is 0 Å². The van der Waals surface area contributed by atoms with Gasteiger partial charge in [0.25, 0.3) is 0 Å². The van der Waals surface area contributed by atoms with E-state index in [0.29, 0.717) is 6.42 Å². The van der Waals surface area contributed by atoms with Crippen molar-refractivity contribution >= 4 is 46.3 Å². The monoisotopic (exact) mass is 614 g/mol. The summed E-state index contributed by atoms with van der Waals surface area (Å²) in [4.78, 5) is 2.31. The number of para-hydroxylation sites is 2. The van der Waals surface area contributed by atoms with E-state index in [4.69, 9.17) is 9.47 Å². The molecule has 0 saturated heterocycles. The molecule has 0 spiro atoms. The molecule has 2 N–H and O–H groups in total. The molecule has 2 unspecified atom stereocenters. The highest BCUT2D eigenvalue weighted by atomic mass is 32.2. The van der Waals surface area contributed by atoms with Crippen molar-refractivity contribution in [2.75, 3.05) is 10.6 Å². The highest BCUT2D eigenvalue weighted by molar-refractivity contribution is 8.00. The molecule has 4 aromatic rings. The number of thioether (sulfide) groups is 2. The lowest BCUT2D eigenvalue weighted by molar-refractivity contribution is 0.165. The Bertz CT molecular complexity index is 1650. The molecule has 4 aromatic carbocycles. The van der Waals surface area contributed by atoms with Gasteiger partial charge in [-0.25, -0.2) is 0 Å². The summed E-state index contributed by atoms with van der Waals surface area (Å²) in [5, 5.41) is 7.29. The zero-order chi connectivity index (χ0) is 29.9. The summed E-state index contributed by atoms with van der Waals surface area (Å²) in [5.41, 5.74) is 5.85. The lowest BCUT2D eigenvalue weighted by Gasteiger charge is -2.29. The summed E-state index contributed by atoms with van der Waals surface area (Å²) in [7, 11) is 0. The van der Waals surface area contributed by atoms with Crippen molar-refractivity contribution in [3.8, 4) is 0 Å². The molecule has 4 nitrogen and oxygen atoms in total. The van der Waals surface area contributed by atoms with E-state index in [2.05, 4.69) is 146 Å². The normalized spacial score (nSPS) is 20.4. The first kappa shape index (κ1) is 28.5. The molecule has 0 saturated carbocycles. The van der Waals surface area contributed by atoms with Crippen LogP contribution in [0.4, 0.5) is 11.4 Å². The van der Waals surface area contributed by atoms with Gasteiger partial charge in [-0.1, -0.05) is 122 Å². The molecule has 0 fully saturated rings. The summed E-state index contributed by atoms with van der Waals surface area (Å²) < 4.78 is 13.6. The molecule has 0 bridgehead atoms. The maximum Gasteiger partial charge on any atom is 0.169 e. The number of hydrogen-bond acceptors (Lipinski definition) is 6. The van der Waals surface area contributed by atoms with E-state index in [9.17, 15) is 0 Å². The Labute approximate surface area is 268 Å². The minimum Gasteiger partial charge on any atom is -0.479 e. The van der Waals surface area contributed by atoms with E-state index in [1.807, 2.05) is 12.1 Å². The van der Waals surface area contributed by atoms with Gasteiger partial charge in [0.15, 0.2) is 10.9 Å². The van der Waals surface area contributed by atoms with Gasteiger partial charge in [0, 0.05) is 26.6 Å². The summed E-state index contributed by atoms with van der Waals surface area (Å²) in [6.07, 6.45) is 9.41. The van der Waals surface area contributed by atoms with Crippen LogP contribution in [0.2, 0.25) is 0 Å². The number of allylic oxidation sites excluding steroid dienone is 2. The molecule has 220 valence electrons. The summed E-state index contributed by atoms with van der Waals surface area (Å²) in [6.45, 7) is 4.40. The number of rotatable bonds is 6. The molecular formula is C38H34N2O2S2. The van der Waals surface area contributed by atoms with Crippen LogP contribution in [0.25, 0.3) is 11.4 Å². The van der Waals surface area contributed by atoms with Gasteiger partial charge in [-0.15, -0.1) is 0 Å². The average molecular weight is 615 g/mol. The fourth-order valence-corrected chi connectivity index (χ4v) is 7.65. The minimum atomic E-state index is -0.224. The van der Waals surface area contributed by atoms with Gasteiger partial charge in [0.2, 0.25) is 0 Å². The average Bonchev–Trinajstić information content (AvgIpc) is 3.32. The largest absolute Gasteiger partial charge is 0.479 e. The van der Waals surface area contributed by atoms with E-state index in [1.54, 1.807) is 23.5 Å². The number of hydrogen-bond donors (Lipinski definition) is 2. The Kier molecular flexibility index (Phi) is 8.03. The molecule has 0 aromatic heterocycles. The molecule has 2 aliphatic heterocycles. The Morgan fingerprint density at radius 2 is 0.977 bits per heavy atom. The third-order valence-corrected chi connectivity index (χ3v) is 9.67. The number of nitrogens with one attached hydrogen (secondary N) is 2. The van der Waals surface area contributed by atoms with Crippen LogP contribution >= 0.6 is 23.5 Å². The summed E-state index contributed by atoms with van der Waals surface area (Å²) >= 11 is 3.43. The predicted molar refractivity (Wildman–Crippen MR) is 185 cm³/mol. The SMILES string of the molecule is CC1(C)C=C(OC2C=C(c3ccccc3)Nc3ccccc3S2)CC(OC2C=C(c3ccccc3)Nc3ccccc3S2)=C1. The first-order valence-electron chi connectivity index (χ1n) is 14.8. The zero-order valence-electron chi connectivity index (χ0n) is 24.7. The van der Waals surface area contributed by atoms with Gasteiger partial charge in [0.05, 0.1) is 17.8 Å². The molecule has 3 aliphatic rings.